The number of hydrogen-bond donors (Lipinski definition) is 1. The normalized spacial score (nSPS) is 19.5. The van der Waals surface area contributed by atoms with Crippen molar-refractivity contribution in [3.63, 3.8) is 0 Å². The van der Waals surface area contributed by atoms with Gasteiger partial charge >= 0.3 is 0 Å². The average molecular weight is 249 g/mol. The third-order valence-corrected chi connectivity index (χ3v) is 3.18. The maximum atomic E-state index is 5.91. The summed E-state index contributed by atoms with van der Waals surface area (Å²) >= 11 is 0. The predicted octanol–water partition coefficient (Wildman–Crippen LogP) is 2.85. The van der Waals surface area contributed by atoms with Crippen molar-refractivity contribution >= 4 is 0 Å². The summed E-state index contributed by atoms with van der Waals surface area (Å²) in [5.41, 5.74) is 0. The van der Waals surface area contributed by atoms with Crippen molar-refractivity contribution in [1.82, 2.24) is 5.32 Å². The van der Waals surface area contributed by atoms with Gasteiger partial charge in [-0.1, -0.05) is 19.1 Å². The van der Waals surface area contributed by atoms with Crippen molar-refractivity contribution in [2.45, 2.75) is 26.2 Å². The fraction of sp³-hybridized carbons (Fsp3) is 0.600. The number of benzene rings is 1. The SMILES string of the molecule is CCCOc1ccccc1OCC1CCCNC1. The maximum Gasteiger partial charge on any atom is 0.161 e. The Morgan fingerprint density at radius 2 is 2.00 bits per heavy atom. The molecular formula is C15H23NO2. The molecule has 1 atom stereocenters. The van der Waals surface area contributed by atoms with Crippen molar-refractivity contribution in [3.05, 3.63) is 24.3 Å². The lowest BCUT2D eigenvalue weighted by molar-refractivity contribution is 0.206. The molecule has 1 N–H and O–H groups in total. The largest absolute Gasteiger partial charge is 0.490 e. The van der Waals surface area contributed by atoms with Crippen molar-refractivity contribution in [2.24, 2.45) is 5.92 Å². The first-order chi connectivity index (χ1) is 8.90. The number of hydrogen-bond acceptors (Lipinski definition) is 3. The third-order valence-electron chi connectivity index (χ3n) is 3.18. The molecule has 1 unspecified atom stereocenters. The second-order valence-electron chi connectivity index (χ2n) is 4.82. The molecule has 0 radical (unpaired) electrons. The lowest BCUT2D eigenvalue weighted by Gasteiger charge is -2.23. The zero-order chi connectivity index (χ0) is 12.6. The molecule has 1 heterocycles. The monoisotopic (exact) mass is 249 g/mol. The zero-order valence-corrected chi connectivity index (χ0v) is 11.2. The van der Waals surface area contributed by atoms with Crippen LogP contribution >= 0.6 is 0 Å². The van der Waals surface area contributed by atoms with Crippen LogP contribution in [0.25, 0.3) is 0 Å². The smallest absolute Gasteiger partial charge is 0.161 e. The molecule has 0 spiro atoms. The van der Waals surface area contributed by atoms with Crippen LogP contribution in [-0.4, -0.2) is 26.3 Å². The van der Waals surface area contributed by atoms with Gasteiger partial charge in [-0.3, -0.25) is 0 Å². The fourth-order valence-corrected chi connectivity index (χ4v) is 2.17. The molecule has 3 nitrogen and oxygen atoms in total. The van der Waals surface area contributed by atoms with E-state index in [-0.39, 0.29) is 0 Å². The molecule has 1 aromatic rings. The van der Waals surface area contributed by atoms with Crippen LogP contribution in [0.5, 0.6) is 11.5 Å². The summed E-state index contributed by atoms with van der Waals surface area (Å²) in [4.78, 5) is 0. The molecule has 1 aromatic carbocycles. The number of para-hydroxylation sites is 2. The van der Waals surface area contributed by atoms with Crippen LogP contribution in [0.3, 0.4) is 0 Å². The van der Waals surface area contributed by atoms with Crippen molar-refractivity contribution in [3.8, 4) is 11.5 Å². The highest BCUT2D eigenvalue weighted by Gasteiger charge is 2.14. The van der Waals surface area contributed by atoms with Crippen LogP contribution in [0, 0.1) is 5.92 Å². The second kappa shape index (κ2) is 7.27. The molecular weight excluding hydrogens is 226 g/mol. The Bertz CT molecular complexity index is 348. The van der Waals surface area contributed by atoms with E-state index in [9.17, 15) is 0 Å². The molecule has 1 fully saturated rings. The van der Waals surface area contributed by atoms with Gasteiger partial charge in [0.05, 0.1) is 13.2 Å². The Morgan fingerprint density at radius 3 is 2.67 bits per heavy atom. The lowest BCUT2D eigenvalue weighted by atomic mass is 10.0. The molecule has 100 valence electrons. The molecule has 3 heteroatoms. The summed E-state index contributed by atoms with van der Waals surface area (Å²) in [6.07, 6.45) is 3.52. The Hall–Kier alpha value is -1.22. The van der Waals surface area contributed by atoms with Crippen LogP contribution in [0.2, 0.25) is 0 Å². The van der Waals surface area contributed by atoms with Gasteiger partial charge in [-0.25, -0.2) is 0 Å². The molecule has 1 saturated heterocycles. The van der Waals surface area contributed by atoms with Gasteiger partial charge in [-0.15, -0.1) is 0 Å². The van der Waals surface area contributed by atoms with E-state index < -0.39 is 0 Å². The third kappa shape index (κ3) is 3.91. The molecule has 1 aliphatic rings. The Morgan fingerprint density at radius 1 is 1.22 bits per heavy atom. The fourth-order valence-electron chi connectivity index (χ4n) is 2.17. The van der Waals surface area contributed by atoms with Crippen molar-refractivity contribution in [1.29, 1.82) is 0 Å². The summed E-state index contributed by atoms with van der Waals surface area (Å²) in [6, 6.07) is 7.94. The summed E-state index contributed by atoms with van der Waals surface area (Å²) in [5, 5.41) is 3.41. The first-order valence-electron chi connectivity index (χ1n) is 6.95. The average Bonchev–Trinajstić information content (AvgIpc) is 2.45. The van der Waals surface area contributed by atoms with Gasteiger partial charge in [0.15, 0.2) is 11.5 Å². The van der Waals surface area contributed by atoms with E-state index in [1.165, 1.54) is 12.8 Å². The van der Waals surface area contributed by atoms with Crippen LogP contribution in [0.15, 0.2) is 24.3 Å². The topological polar surface area (TPSA) is 30.5 Å². The van der Waals surface area contributed by atoms with Gasteiger partial charge in [0.1, 0.15) is 0 Å². The standard InChI is InChI=1S/C15H23NO2/c1-2-10-17-14-7-3-4-8-15(14)18-12-13-6-5-9-16-11-13/h3-4,7-8,13,16H,2,5-6,9-12H2,1H3. The number of rotatable bonds is 6. The highest BCUT2D eigenvalue weighted by molar-refractivity contribution is 5.39. The van der Waals surface area contributed by atoms with E-state index >= 15 is 0 Å². The van der Waals surface area contributed by atoms with E-state index in [1.54, 1.807) is 0 Å². The number of ether oxygens (including phenoxy) is 2. The molecule has 1 aliphatic heterocycles. The quantitative estimate of drug-likeness (QED) is 0.841. The van der Waals surface area contributed by atoms with Crippen molar-refractivity contribution < 1.29 is 9.47 Å². The van der Waals surface area contributed by atoms with E-state index in [2.05, 4.69) is 12.2 Å². The van der Waals surface area contributed by atoms with Crippen LogP contribution < -0.4 is 14.8 Å². The molecule has 0 aliphatic carbocycles. The lowest BCUT2D eigenvalue weighted by Crippen LogP contribution is -2.33. The van der Waals surface area contributed by atoms with Gasteiger partial charge < -0.3 is 14.8 Å². The molecule has 18 heavy (non-hydrogen) atoms. The first kappa shape index (κ1) is 13.2. The summed E-state index contributed by atoms with van der Waals surface area (Å²) in [7, 11) is 0. The van der Waals surface area contributed by atoms with Crippen LogP contribution in [0.1, 0.15) is 26.2 Å². The van der Waals surface area contributed by atoms with E-state index in [1.807, 2.05) is 24.3 Å². The minimum Gasteiger partial charge on any atom is -0.490 e. The van der Waals surface area contributed by atoms with Gasteiger partial charge in [0.2, 0.25) is 0 Å². The van der Waals surface area contributed by atoms with E-state index in [4.69, 9.17) is 9.47 Å². The van der Waals surface area contributed by atoms with E-state index in [0.717, 1.165) is 44.2 Å². The van der Waals surface area contributed by atoms with Gasteiger partial charge in [-0.2, -0.15) is 0 Å². The van der Waals surface area contributed by atoms with Gasteiger partial charge in [-0.05, 0) is 37.9 Å². The summed E-state index contributed by atoms with van der Waals surface area (Å²) in [6.45, 7) is 5.84. The Balaban J connectivity index is 1.87. The highest BCUT2D eigenvalue weighted by Crippen LogP contribution is 2.27. The minimum absolute atomic E-state index is 0.623. The predicted molar refractivity (Wildman–Crippen MR) is 73.3 cm³/mol. The highest BCUT2D eigenvalue weighted by atomic mass is 16.5. The summed E-state index contributed by atoms with van der Waals surface area (Å²) < 4.78 is 11.6. The van der Waals surface area contributed by atoms with E-state index in [0.29, 0.717) is 5.92 Å². The minimum atomic E-state index is 0.623. The Labute approximate surface area is 109 Å². The molecule has 0 saturated carbocycles. The molecule has 2 rings (SSSR count). The first-order valence-corrected chi connectivity index (χ1v) is 6.95. The maximum absolute atomic E-state index is 5.91. The molecule has 0 bridgehead atoms. The van der Waals surface area contributed by atoms with Crippen LogP contribution in [0.4, 0.5) is 0 Å². The molecule has 0 amide bonds. The van der Waals surface area contributed by atoms with Crippen molar-refractivity contribution in [2.75, 3.05) is 26.3 Å². The number of nitrogens with one attached hydrogen (secondary N) is 1. The van der Waals surface area contributed by atoms with Gasteiger partial charge in [0.25, 0.3) is 0 Å². The Kier molecular flexibility index (Phi) is 5.34. The van der Waals surface area contributed by atoms with Crippen LogP contribution in [-0.2, 0) is 0 Å². The summed E-state index contributed by atoms with van der Waals surface area (Å²) in [5.74, 6) is 2.36. The second-order valence-corrected chi connectivity index (χ2v) is 4.82. The zero-order valence-electron chi connectivity index (χ0n) is 11.2. The van der Waals surface area contributed by atoms with Gasteiger partial charge in [0, 0.05) is 12.5 Å². The number of piperidine rings is 1. The molecule has 0 aromatic heterocycles.